The first kappa shape index (κ1) is 16.9. The first-order valence-corrected chi connectivity index (χ1v) is 10.8. The zero-order valence-corrected chi connectivity index (χ0v) is 15.1. The van der Waals surface area contributed by atoms with Gasteiger partial charge in [0, 0.05) is 36.7 Å². The van der Waals surface area contributed by atoms with Gasteiger partial charge in [0.1, 0.15) is 0 Å². The largest absolute Gasteiger partial charge is 0.337 e. The Labute approximate surface area is 146 Å². The van der Waals surface area contributed by atoms with E-state index in [-0.39, 0.29) is 11.7 Å². The van der Waals surface area contributed by atoms with E-state index in [4.69, 9.17) is 11.6 Å². The lowest BCUT2D eigenvalue weighted by Gasteiger charge is -2.30. The number of thioether (sulfide) groups is 1. The minimum absolute atomic E-state index is 0.0578. The second-order valence-corrected chi connectivity index (χ2v) is 9.31. The van der Waals surface area contributed by atoms with Gasteiger partial charge in [0.15, 0.2) is 0 Å². The molecule has 0 bridgehead atoms. The van der Waals surface area contributed by atoms with E-state index in [0.717, 1.165) is 31.0 Å². The van der Waals surface area contributed by atoms with E-state index in [9.17, 15) is 13.2 Å². The van der Waals surface area contributed by atoms with Crippen LogP contribution in [0.3, 0.4) is 0 Å². The van der Waals surface area contributed by atoms with Crippen molar-refractivity contribution in [2.45, 2.75) is 12.8 Å². The number of carbonyl (C=O) groups is 1. The third-order valence-electron chi connectivity index (χ3n) is 4.11. The Morgan fingerprint density at radius 3 is 2.57 bits per heavy atom. The van der Waals surface area contributed by atoms with E-state index < -0.39 is 10.0 Å². The fourth-order valence-electron chi connectivity index (χ4n) is 2.85. The summed E-state index contributed by atoms with van der Waals surface area (Å²) >= 11 is 8.05. The van der Waals surface area contributed by atoms with Crippen LogP contribution in [0.15, 0.2) is 18.2 Å². The molecule has 126 valence electrons. The van der Waals surface area contributed by atoms with Gasteiger partial charge in [0.05, 0.1) is 16.5 Å². The van der Waals surface area contributed by atoms with Crippen molar-refractivity contribution >= 4 is 45.0 Å². The summed E-state index contributed by atoms with van der Waals surface area (Å²) in [4.78, 5) is 14.4. The second kappa shape index (κ2) is 6.91. The van der Waals surface area contributed by atoms with Gasteiger partial charge >= 0.3 is 0 Å². The third kappa shape index (κ3) is 3.61. The molecule has 3 rings (SSSR count). The first-order valence-electron chi connectivity index (χ1n) is 7.66. The number of carbonyl (C=O) groups excluding carboxylic acids is 1. The maximum Gasteiger partial charge on any atom is 0.253 e. The Morgan fingerprint density at radius 1 is 1.13 bits per heavy atom. The van der Waals surface area contributed by atoms with E-state index >= 15 is 0 Å². The van der Waals surface area contributed by atoms with E-state index in [1.807, 2.05) is 16.7 Å². The topological polar surface area (TPSA) is 57.7 Å². The SMILES string of the molecule is O=C(c1ccc(Cl)c(N2CCCCS2(=O)=O)c1)N1CCSCC1. The molecule has 8 heteroatoms. The van der Waals surface area contributed by atoms with Crippen LogP contribution in [0.4, 0.5) is 5.69 Å². The minimum atomic E-state index is -3.35. The summed E-state index contributed by atoms with van der Waals surface area (Å²) in [6, 6.07) is 4.91. The molecule has 23 heavy (non-hydrogen) atoms. The molecular formula is C15H19ClN2O3S2. The summed E-state index contributed by atoms with van der Waals surface area (Å²) < 4.78 is 25.9. The molecule has 2 heterocycles. The van der Waals surface area contributed by atoms with Gasteiger partial charge in [-0.1, -0.05) is 11.6 Å². The zero-order valence-electron chi connectivity index (χ0n) is 12.7. The van der Waals surface area contributed by atoms with Crippen LogP contribution in [0.25, 0.3) is 0 Å². The fourth-order valence-corrected chi connectivity index (χ4v) is 5.67. The molecule has 0 aromatic heterocycles. The molecule has 1 aromatic carbocycles. The van der Waals surface area contributed by atoms with Crippen LogP contribution in [0.5, 0.6) is 0 Å². The molecular weight excluding hydrogens is 356 g/mol. The number of amides is 1. The van der Waals surface area contributed by atoms with Crippen LogP contribution in [0.1, 0.15) is 23.2 Å². The fraction of sp³-hybridized carbons (Fsp3) is 0.533. The Bertz CT molecular complexity index is 703. The van der Waals surface area contributed by atoms with Gasteiger partial charge in [-0.05, 0) is 31.0 Å². The molecule has 2 saturated heterocycles. The molecule has 0 saturated carbocycles. The molecule has 0 spiro atoms. The van der Waals surface area contributed by atoms with Crippen LogP contribution in [-0.4, -0.2) is 56.1 Å². The minimum Gasteiger partial charge on any atom is -0.337 e. The lowest BCUT2D eigenvalue weighted by atomic mass is 10.1. The van der Waals surface area contributed by atoms with Crippen molar-refractivity contribution < 1.29 is 13.2 Å². The lowest BCUT2D eigenvalue weighted by Crippen LogP contribution is -2.39. The van der Waals surface area contributed by atoms with Crippen molar-refractivity contribution in [3.63, 3.8) is 0 Å². The number of rotatable bonds is 2. The average molecular weight is 375 g/mol. The smallest absolute Gasteiger partial charge is 0.253 e. The van der Waals surface area contributed by atoms with Gasteiger partial charge in [0.25, 0.3) is 5.91 Å². The van der Waals surface area contributed by atoms with E-state index in [0.29, 0.717) is 29.2 Å². The van der Waals surface area contributed by atoms with Crippen molar-refractivity contribution in [2.24, 2.45) is 0 Å². The van der Waals surface area contributed by atoms with Crippen LogP contribution >= 0.6 is 23.4 Å². The molecule has 0 atom stereocenters. The number of hydrogen-bond acceptors (Lipinski definition) is 4. The Balaban J connectivity index is 1.91. The van der Waals surface area contributed by atoms with E-state index in [1.165, 1.54) is 4.31 Å². The van der Waals surface area contributed by atoms with Crippen molar-refractivity contribution in [1.82, 2.24) is 4.90 Å². The highest BCUT2D eigenvalue weighted by Gasteiger charge is 2.28. The molecule has 5 nitrogen and oxygen atoms in total. The molecule has 1 amide bonds. The van der Waals surface area contributed by atoms with E-state index in [1.54, 1.807) is 18.2 Å². The maximum atomic E-state index is 12.6. The summed E-state index contributed by atoms with van der Waals surface area (Å²) in [5, 5.41) is 0.362. The van der Waals surface area contributed by atoms with E-state index in [2.05, 4.69) is 0 Å². The van der Waals surface area contributed by atoms with Crippen molar-refractivity contribution in [1.29, 1.82) is 0 Å². The number of halogens is 1. The molecule has 0 N–H and O–H groups in total. The summed E-state index contributed by atoms with van der Waals surface area (Å²) in [5.41, 5.74) is 0.917. The summed E-state index contributed by atoms with van der Waals surface area (Å²) in [6.07, 6.45) is 1.47. The maximum absolute atomic E-state index is 12.6. The Morgan fingerprint density at radius 2 is 1.87 bits per heavy atom. The quantitative estimate of drug-likeness (QED) is 0.797. The Kier molecular flexibility index (Phi) is 5.08. The molecule has 0 unspecified atom stereocenters. The van der Waals surface area contributed by atoms with Crippen LogP contribution < -0.4 is 4.31 Å². The first-order chi connectivity index (χ1) is 11.0. The lowest BCUT2D eigenvalue weighted by molar-refractivity contribution is 0.0772. The normalized spacial score (nSPS) is 21.3. The van der Waals surface area contributed by atoms with Crippen molar-refractivity contribution in [3.8, 4) is 0 Å². The third-order valence-corrected chi connectivity index (χ3v) is 7.23. The standard InChI is InChI=1S/C15H19ClN2O3S2/c16-13-4-3-12(15(19)17-6-8-22-9-7-17)11-14(13)18-5-1-2-10-23(18,20)21/h3-4,11H,1-2,5-10H2. The summed E-state index contributed by atoms with van der Waals surface area (Å²) in [6.45, 7) is 1.87. The second-order valence-electron chi connectivity index (χ2n) is 5.67. The number of benzene rings is 1. The summed E-state index contributed by atoms with van der Waals surface area (Å²) in [5.74, 6) is 1.95. The number of hydrogen-bond donors (Lipinski definition) is 0. The highest BCUT2D eigenvalue weighted by Crippen LogP contribution is 2.32. The van der Waals surface area contributed by atoms with Crippen molar-refractivity contribution in [2.75, 3.05) is 41.2 Å². The highest BCUT2D eigenvalue weighted by atomic mass is 35.5. The van der Waals surface area contributed by atoms with Gasteiger partial charge in [0.2, 0.25) is 10.0 Å². The molecule has 0 radical (unpaired) electrons. The van der Waals surface area contributed by atoms with Crippen LogP contribution in [0.2, 0.25) is 5.02 Å². The monoisotopic (exact) mass is 374 g/mol. The predicted molar refractivity (Wildman–Crippen MR) is 95.0 cm³/mol. The van der Waals surface area contributed by atoms with Crippen LogP contribution in [-0.2, 0) is 10.0 Å². The Hall–Kier alpha value is -0.920. The van der Waals surface area contributed by atoms with Gasteiger partial charge in [-0.2, -0.15) is 11.8 Å². The highest BCUT2D eigenvalue weighted by molar-refractivity contribution is 7.99. The average Bonchev–Trinajstić information content (AvgIpc) is 2.55. The predicted octanol–water partition coefficient (Wildman–Crippen LogP) is 2.46. The van der Waals surface area contributed by atoms with Crippen LogP contribution in [0, 0.1) is 0 Å². The summed E-state index contributed by atoms with van der Waals surface area (Å²) in [7, 11) is -3.35. The van der Waals surface area contributed by atoms with Gasteiger partial charge in [-0.15, -0.1) is 0 Å². The molecule has 2 aliphatic heterocycles. The number of sulfonamides is 1. The van der Waals surface area contributed by atoms with Crippen molar-refractivity contribution in [3.05, 3.63) is 28.8 Å². The zero-order chi connectivity index (χ0) is 16.4. The molecule has 2 fully saturated rings. The number of nitrogens with zero attached hydrogens (tertiary/aromatic N) is 2. The van der Waals surface area contributed by atoms with Gasteiger partial charge in [-0.3, -0.25) is 9.10 Å². The van der Waals surface area contributed by atoms with Gasteiger partial charge in [-0.25, -0.2) is 8.42 Å². The number of anilines is 1. The van der Waals surface area contributed by atoms with Gasteiger partial charge < -0.3 is 4.90 Å². The molecule has 2 aliphatic rings. The molecule has 1 aromatic rings. The molecule has 0 aliphatic carbocycles.